The number of H-pyrrole nitrogens is 1. The van der Waals surface area contributed by atoms with Crippen LogP contribution in [0.5, 0.6) is 17.2 Å². The van der Waals surface area contributed by atoms with Crippen molar-refractivity contribution in [1.29, 1.82) is 0 Å². The van der Waals surface area contributed by atoms with Crippen molar-refractivity contribution >= 4 is 34.9 Å². The molecular weight excluding hydrogens is 466 g/mol. The molecule has 0 bridgehead atoms. The molecule has 0 radical (unpaired) electrons. The van der Waals surface area contributed by atoms with E-state index in [0.29, 0.717) is 32.7 Å². The Bertz CT molecular complexity index is 1250. The monoisotopic (exact) mass is 487 g/mol. The predicted octanol–water partition coefficient (Wildman–Crippen LogP) is 3.71. The number of thiazole rings is 1. The summed E-state index contributed by atoms with van der Waals surface area (Å²) in [5.41, 5.74) is 1.41. The van der Waals surface area contributed by atoms with E-state index in [-0.39, 0.29) is 4.87 Å². The molecule has 8 nitrogen and oxygen atoms in total. The molecule has 2 N–H and O–H groups in total. The van der Waals surface area contributed by atoms with Crippen molar-refractivity contribution in [1.82, 2.24) is 4.98 Å². The normalized spacial score (nSPS) is 19.4. The number of aromatic nitrogens is 1. The van der Waals surface area contributed by atoms with E-state index in [4.69, 9.17) is 14.2 Å². The lowest BCUT2D eigenvalue weighted by molar-refractivity contribution is -0.151. The van der Waals surface area contributed by atoms with Gasteiger partial charge in [0.2, 0.25) is 5.78 Å². The molecule has 0 saturated heterocycles. The minimum absolute atomic E-state index is 0.263. The van der Waals surface area contributed by atoms with Crippen LogP contribution in [0.2, 0.25) is 0 Å². The molecule has 33 heavy (non-hydrogen) atoms. The summed E-state index contributed by atoms with van der Waals surface area (Å²) in [5, 5.41) is 9.73. The lowest BCUT2D eigenvalue weighted by Gasteiger charge is -2.36. The van der Waals surface area contributed by atoms with Crippen molar-refractivity contribution in [2.24, 2.45) is 5.92 Å². The molecule has 1 aliphatic rings. The van der Waals surface area contributed by atoms with Crippen LogP contribution in [0.15, 0.2) is 52.3 Å². The quantitative estimate of drug-likeness (QED) is 0.485. The molecule has 0 amide bonds. The van der Waals surface area contributed by atoms with Gasteiger partial charge in [-0.1, -0.05) is 41.3 Å². The Morgan fingerprint density at radius 3 is 2.21 bits per heavy atom. The first-order chi connectivity index (χ1) is 15.9. The van der Waals surface area contributed by atoms with Crippen molar-refractivity contribution in [2.75, 3.05) is 21.3 Å². The van der Waals surface area contributed by atoms with Crippen molar-refractivity contribution in [3.63, 3.8) is 0 Å². The highest BCUT2D eigenvalue weighted by Gasteiger charge is 2.47. The van der Waals surface area contributed by atoms with E-state index in [1.54, 1.807) is 49.6 Å². The van der Waals surface area contributed by atoms with Gasteiger partial charge in [0.1, 0.15) is 5.75 Å². The maximum absolute atomic E-state index is 13.1. The summed E-state index contributed by atoms with van der Waals surface area (Å²) in [4.78, 5) is 40.5. The molecule has 3 unspecified atom stereocenters. The minimum atomic E-state index is -1.52. The number of aliphatic carboxylic acids is 1. The number of ether oxygens (including phenoxy) is 3. The number of hydrogen-bond donors (Lipinski definition) is 2. The third-order valence-electron chi connectivity index (χ3n) is 5.58. The van der Waals surface area contributed by atoms with Crippen molar-refractivity contribution in [3.8, 4) is 17.2 Å². The van der Waals surface area contributed by atoms with Crippen LogP contribution in [0.25, 0.3) is 0 Å². The lowest BCUT2D eigenvalue weighted by atomic mass is 9.78. The van der Waals surface area contributed by atoms with Crippen LogP contribution in [0, 0.1) is 5.92 Å². The first kappa shape index (κ1) is 22.9. The molecule has 10 heteroatoms. The number of aromatic amines is 1. The molecule has 2 aromatic carbocycles. The second-order valence-corrected chi connectivity index (χ2v) is 9.47. The first-order valence-electron chi connectivity index (χ1n) is 9.90. The third kappa shape index (κ3) is 4.23. The van der Waals surface area contributed by atoms with E-state index in [1.807, 2.05) is 0 Å². The number of carboxylic acids is 1. The Labute approximate surface area is 197 Å². The second kappa shape index (κ2) is 9.32. The first-order valence-corrected chi connectivity index (χ1v) is 11.6. The average molecular weight is 488 g/mol. The second-order valence-electron chi connectivity index (χ2n) is 7.31. The molecule has 1 aliphatic heterocycles. The van der Waals surface area contributed by atoms with Crippen LogP contribution >= 0.6 is 23.1 Å². The highest BCUT2D eigenvalue weighted by atomic mass is 32.2. The summed E-state index contributed by atoms with van der Waals surface area (Å²) in [6.45, 7) is 0. The molecular formula is C23H21NO7S2. The van der Waals surface area contributed by atoms with E-state index in [0.717, 1.165) is 16.9 Å². The van der Waals surface area contributed by atoms with Crippen LogP contribution in [-0.2, 0) is 9.59 Å². The highest BCUT2D eigenvalue weighted by Crippen LogP contribution is 2.56. The fourth-order valence-electron chi connectivity index (χ4n) is 4.06. The lowest BCUT2D eigenvalue weighted by Crippen LogP contribution is -2.35. The zero-order chi connectivity index (χ0) is 23.7. The van der Waals surface area contributed by atoms with Gasteiger partial charge in [-0.25, -0.2) is 4.79 Å². The van der Waals surface area contributed by atoms with Gasteiger partial charge in [0, 0.05) is 16.0 Å². The maximum atomic E-state index is 13.1. The maximum Gasteiger partial charge on any atom is 0.372 e. The SMILES string of the molecule is COc1ccc(C2c3sc(=O)[nH]c3SC(c3ccc(OC)c(OC)c3)C2C(=O)C(=O)O)cc1. The Morgan fingerprint density at radius 1 is 0.939 bits per heavy atom. The molecule has 0 aliphatic carbocycles. The fourth-order valence-corrected chi connectivity index (χ4v) is 6.66. The molecule has 1 aromatic heterocycles. The molecule has 0 fully saturated rings. The summed E-state index contributed by atoms with van der Waals surface area (Å²) in [5.74, 6) is -2.42. The summed E-state index contributed by atoms with van der Waals surface area (Å²) in [6, 6.07) is 12.3. The van der Waals surface area contributed by atoms with Gasteiger partial charge in [-0.3, -0.25) is 9.59 Å². The van der Waals surface area contributed by atoms with Gasteiger partial charge in [0.25, 0.3) is 0 Å². The van der Waals surface area contributed by atoms with Crippen LogP contribution in [0.1, 0.15) is 27.2 Å². The van der Waals surface area contributed by atoms with Gasteiger partial charge in [-0.05, 0) is 35.4 Å². The zero-order valence-electron chi connectivity index (χ0n) is 18.0. The molecule has 172 valence electrons. The molecule has 3 aromatic rings. The van der Waals surface area contributed by atoms with Gasteiger partial charge < -0.3 is 24.3 Å². The molecule has 0 spiro atoms. The Morgan fingerprint density at radius 2 is 1.61 bits per heavy atom. The molecule has 2 heterocycles. The summed E-state index contributed by atoms with van der Waals surface area (Å²) >= 11 is 2.27. The highest BCUT2D eigenvalue weighted by molar-refractivity contribution is 7.99. The largest absolute Gasteiger partial charge is 0.497 e. The van der Waals surface area contributed by atoms with E-state index >= 15 is 0 Å². The predicted molar refractivity (Wildman–Crippen MR) is 124 cm³/mol. The Kier molecular flexibility index (Phi) is 6.48. The number of rotatable bonds is 7. The van der Waals surface area contributed by atoms with E-state index in [9.17, 15) is 19.5 Å². The third-order valence-corrected chi connectivity index (χ3v) is 8.05. The van der Waals surface area contributed by atoms with Crippen LogP contribution < -0.4 is 19.1 Å². The molecule has 4 rings (SSSR count). The van der Waals surface area contributed by atoms with Crippen LogP contribution in [-0.4, -0.2) is 43.2 Å². The number of carboxylic acid groups (broad SMARTS) is 1. The number of methoxy groups -OCH3 is 3. The van der Waals surface area contributed by atoms with Crippen LogP contribution in [0.3, 0.4) is 0 Å². The number of nitrogens with one attached hydrogen (secondary N) is 1. The fraction of sp³-hybridized carbons (Fsp3) is 0.261. The minimum Gasteiger partial charge on any atom is -0.497 e. The van der Waals surface area contributed by atoms with E-state index in [2.05, 4.69) is 4.98 Å². The zero-order valence-corrected chi connectivity index (χ0v) is 19.6. The number of hydrogen-bond acceptors (Lipinski definition) is 8. The van der Waals surface area contributed by atoms with Gasteiger partial charge in [0.15, 0.2) is 11.5 Å². The van der Waals surface area contributed by atoms with E-state index < -0.39 is 28.8 Å². The number of ketones is 1. The molecule has 3 atom stereocenters. The Balaban J connectivity index is 1.92. The number of Topliss-reactive ketones (excluding diaryl/α,β-unsaturated/α-hetero) is 1. The van der Waals surface area contributed by atoms with Gasteiger partial charge in [-0.15, -0.1) is 0 Å². The number of thioether (sulfide) groups is 1. The number of fused-ring (bicyclic) bond motifs is 1. The van der Waals surface area contributed by atoms with Crippen molar-refractivity contribution < 1.29 is 28.9 Å². The summed E-state index contributed by atoms with van der Waals surface area (Å²) in [7, 11) is 4.57. The van der Waals surface area contributed by atoms with Gasteiger partial charge in [0.05, 0.1) is 32.3 Å². The van der Waals surface area contributed by atoms with Gasteiger partial charge >= 0.3 is 10.8 Å². The number of carbonyl (C=O) groups is 2. The smallest absolute Gasteiger partial charge is 0.372 e. The topological polar surface area (TPSA) is 115 Å². The van der Waals surface area contributed by atoms with Crippen molar-refractivity contribution in [3.05, 3.63) is 68.1 Å². The summed E-state index contributed by atoms with van der Waals surface area (Å²) in [6.07, 6.45) is 0. The van der Waals surface area contributed by atoms with E-state index in [1.165, 1.54) is 26.0 Å². The number of carbonyl (C=O) groups excluding carboxylic acids is 1. The number of benzene rings is 2. The summed E-state index contributed by atoms with van der Waals surface area (Å²) < 4.78 is 16.0. The van der Waals surface area contributed by atoms with Gasteiger partial charge in [-0.2, -0.15) is 0 Å². The molecule has 0 saturated carbocycles. The average Bonchev–Trinajstić information content (AvgIpc) is 3.21. The van der Waals surface area contributed by atoms with Crippen molar-refractivity contribution in [2.45, 2.75) is 16.2 Å². The Hall–Kier alpha value is -3.24. The standard InChI is InChI=1S/C23H21NO7S2/c1-29-13-7-4-11(5-8-13)16-17(18(25)22(26)27)19(32-21-20(16)33-23(28)24-21)12-6-9-14(30-2)15(10-12)31-3/h4-10,16-17,19H,1-3H3,(H,24,28)(H,26,27). The van der Waals surface area contributed by atoms with Crippen LogP contribution in [0.4, 0.5) is 0 Å².